The summed E-state index contributed by atoms with van der Waals surface area (Å²) in [6.45, 7) is 1.89. The molecule has 5 rings (SSSR count). The van der Waals surface area contributed by atoms with E-state index in [-0.39, 0.29) is 64.3 Å². The molecular formula is C48H65BN6O10S. The number of amides is 4. The molecule has 0 bridgehead atoms. The highest BCUT2D eigenvalue weighted by Gasteiger charge is 2.30. The average molecular weight is 929 g/mol. The van der Waals surface area contributed by atoms with Crippen LogP contribution in [0.5, 0.6) is 0 Å². The van der Waals surface area contributed by atoms with Crippen LogP contribution in [0.4, 0.5) is 4.79 Å². The Kier molecular flexibility index (Phi) is 21.0. The van der Waals surface area contributed by atoms with E-state index in [1.807, 2.05) is 59.2 Å². The van der Waals surface area contributed by atoms with Crippen molar-refractivity contribution in [1.29, 1.82) is 0 Å². The van der Waals surface area contributed by atoms with E-state index in [9.17, 15) is 32.1 Å². The Bertz CT molecular complexity index is 2260. The SMILES string of the molecule is [B]CCCCCCCCCC(=O)NCCOCCOCCNC(=O)[C@H](CS(=O)(=O)O)NC(=O)CCn1c(CN(C)N(C)C(=O)OCC2c3ccccc3-c3ccccc32)cc2ccccc21. The lowest BCUT2D eigenvalue weighted by atomic mass is 9.98. The van der Waals surface area contributed by atoms with Crippen molar-refractivity contribution in [3.05, 3.63) is 95.7 Å². The molecule has 1 heterocycles. The Morgan fingerprint density at radius 1 is 0.758 bits per heavy atom. The fraction of sp³-hybridized carbons (Fsp3) is 0.500. The summed E-state index contributed by atoms with van der Waals surface area (Å²) < 4.78 is 52.1. The molecule has 66 heavy (non-hydrogen) atoms. The number of aryl methyl sites for hydroxylation is 1. The molecule has 1 aliphatic carbocycles. The zero-order chi connectivity index (χ0) is 47.3. The predicted molar refractivity (Wildman–Crippen MR) is 254 cm³/mol. The number of fused-ring (bicyclic) bond motifs is 4. The maximum absolute atomic E-state index is 13.4. The van der Waals surface area contributed by atoms with Crippen LogP contribution in [0.25, 0.3) is 22.0 Å². The van der Waals surface area contributed by atoms with Gasteiger partial charge in [-0.25, -0.2) is 14.8 Å². The Hall–Kier alpha value is -5.27. The second kappa shape index (κ2) is 26.8. The summed E-state index contributed by atoms with van der Waals surface area (Å²) in [6, 6.07) is 24.3. The number of hydrogen-bond acceptors (Lipinski definition) is 10. The number of carbonyl (C=O) groups excluding carboxylic acids is 4. The molecule has 1 aromatic heterocycles. The topological polar surface area (TPSA) is 198 Å². The molecule has 0 saturated carbocycles. The van der Waals surface area contributed by atoms with E-state index >= 15 is 0 Å². The van der Waals surface area contributed by atoms with Crippen molar-refractivity contribution in [3.8, 4) is 11.1 Å². The number of ether oxygens (including phenoxy) is 3. The summed E-state index contributed by atoms with van der Waals surface area (Å²) >= 11 is 0. The summed E-state index contributed by atoms with van der Waals surface area (Å²) in [6.07, 6.45) is 8.17. The van der Waals surface area contributed by atoms with Crippen molar-refractivity contribution in [2.75, 3.05) is 66.0 Å². The standard InChI is InChI=1S/C48H65BN6O10S/c1-53(54(2)48(59)65-34-42-40-19-12-10-17-38(40)39-18-11-13-20-41(39)42)33-37-32-36-16-9-14-21-44(36)55(37)27-23-46(57)52-43(35-66(60,61)62)47(58)51-26-29-64-31-30-63-28-25-50-45(56)22-8-6-4-3-5-7-15-24-49/h9-14,16-21,32,42-43H,3-8,15,22-31,33-35H2,1-2H3,(H,50,56)(H,51,58)(H,52,57)(H,60,61,62)/t43-/m0/s1. The summed E-state index contributed by atoms with van der Waals surface area (Å²) in [5, 5.41) is 11.9. The lowest BCUT2D eigenvalue weighted by molar-refractivity contribution is -0.128. The summed E-state index contributed by atoms with van der Waals surface area (Å²) in [7, 11) is 4.25. The number of carbonyl (C=O) groups is 4. The fourth-order valence-corrected chi connectivity index (χ4v) is 8.72. The van der Waals surface area contributed by atoms with E-state index in [4.69, 9.17) is 22.1 Å². The molecule has 1 atom stereocenters. The van der Waals surface area contributed by atoms with Gasteiger partial charge in [-0.15, -0.1) is 0 Å². The van der Waals surface area contributed by atoms with Crippen LogP contribution in [-0.2, 0) is 51.8 Å². The van der Waals surface area contributed by atoms with Crippen LogP contribution in [0.3, 0.4) is 0 Å². The first-order chi connectivity index (χ1) is 31.9. The van der Waals surface area contributed by atoms with Gasteiger partial charge in [0.05, 0.1) is 40.8 Å². The highest BCUT2D eigenvalue weighted by Crippen LogP contribution is 2.44. The molecule has 0 aliphatic heterocycles. The maximum Gasteiger partial charge on any atom is 0.424 e. The summed E-state index contributed by atoms with van der Waals surface area (Å²) in [5.74, 6) is -2.52. The smallest absolute Gasteiger partial charge is 0.424 e. The highest BCUT2D eigenvalue weighted by molar-refractivity contribution is 7.85. The Morgan fingerprint density at radius 3 is 2.00 bits per heavy atom. The van der Waals surface area contributed by atoms with Crippen LogP contribution >= 0.6 is 0 Å². The molecule has 356 valence electrons. The van der Waals surface area contributed by atoms with Crippen LogP contribution in [0.1, 0.15) is 80.5 Å². The van der Waals surface area contributed by atoms with E-state index in [1.54, 1.807) is 19.1 Å². The average Bonchev–Trinajstić information content (AvgIpc) is 3.82. The summed E-state index contributed by atoms with van der Waals surface area (Å²) in [4.78, 5) is 51.7. The second-order valence-corrected chi connectivity index (χ2v) is 18.0. The molecule has 0 spiro atoms. The minimum Gasteiger partial charge on any atom is -0.447 e. The monoisotopic (exact) mass is 928 g/mol. The number of hydrazine groups is 1. The quantitative estimate of drug-likeness (QED) is 0.0220. The van der Waals surface area contributed by atoms with Gasteiger partial charge < -0.3 is 34.7 Å². The van der Waals surface area contributed by atoms with E-state index < -0.39 is 39.8 Å². The minimum absolute atomic E-state index is 0.000786. The van der Waals surface area contributed by atoms with Crippen LogP contribution in [0.2, 0.25) is 6.32 Å². The van der Waals surface area contributed by atoms with Crippen LogP contribution in [0, 0.1) is 0 Å². The Labute approximate surface area is 390 Å². The molecule has 4 N–H and O–H groups in total. The largest absolute Gasteiger partial charge is 0.447 e. The first-order valence-corrected chi connectivity index (χ1v) is 24.5. The zero-order valence-electron chi connectivity index (χ0n) is 38.3. The van der Waals surface area contributed by atoms with Crippen LogP contribution in [-0.4, -0.2) is 131 Å². The molecule has 1 aliphatic rings. The number of nitrogens with zero attached hydrogens (tertiary/aromatic N) is 3. The van der Waals surface area contributed by atoms with Crippen molar-refractivity contribution in [1.82, 2.24) is 30.5 Å². The molecule has 3 aromatic carbocycles. The lowest BCUT2D eigenvalue weighted by Gasteiger charge is -2.28. The summed E-state index contributed by atoms with van der Waals surface area (Å²) in [5.41, 5.74) is 6.12. The van der Waals surface area contributed by atoms with Gasteiger partial charge in [-0.2, -0.15) is 8.42 Å². The number of nitrogens with one attached hydrogen (secondary N) is 3. The number of rotatable bonds is 30. The van der Waals surface area contributed by atoms with Crippen molar-refractivity contribution in [2.24, 2.45) is 0 Å². The van der Waals surface area contributed by atoms with Gasteiger partial charge in [0, 0.05) is 63.7 Å². The lowest BCUT2D eigenvalue weighted by Crippen LogP contribution is -2.51. The van der Waals surface area contributed by atoms with Crippen molar-refractivity contribution in [3.63, 3.8) is 0 Å². The molecule has 16 nitrogen and oxygen atoms in total. The van der Waals surface area contributed by atoms with Gasteiger partial charge in [0.15, 0.2) is 0 Å². The van der Waals surface area contributed by atoms with Crippen molar-refractivity contribution < 1.29 is 46.4 Å². The molecule has 18 heteroatoms. The van der Waals surface area contributed by atoms with Gasteiger partial charge in [-0.1, -0.05) is 112 Å². The molecule has 0 unspecified atom stereocenters. The van der Waals surface area contributed by atoms with Gasteiger partial charge in [-0.3, -0.25) is 18.9 Å². The molecule has 4 aromatic rings. The van der Waals surface area contributed by atoms with Gasteiger partial charge >= 0.3 is 6.09 Å². The zero-order valence-corrected chi connectivity index (χ0v) is 39.1. The second-order valence-electron chi connectivity index (χ2n) is 16.5. The van der Waals surface area contributed by atoms with E-state index in [1.165, 1.54) is 17.9 Å². The Morgan fingerprint density at radius 2 is 1.35 bits per heavy atom. The first kappa shape index (κ1) is 51.7. The third-order valence-electron chi connectivity index (χ3n) is 11.6. The molecule has 4 amide bonds. The number of para-hydroxylation sites is 1. The van der Waals surface area contributed by atoms with Gasteiger partial charge in [0.2, 0.25) is 17.7 Å². The number of unbranched alkanes of at least 4 members (excludes halogenated alkanes) is 6. The van der Waals surface area contributed by atoms with Crippen molar-refractivity contribution >= 4 is 52.7 Å². The fourth-order valence-electron chi connectivity index (χ4n) is 8.06. The van der Waals surface area contributed by atoms with E-state index in [0.717, 1.165) is 77.3 Å². The molecule has 0 saturated heterocycles. The third kappa shape index (κ3) is 16.3. The molecule has 0 fully saturated rings. The predicted octanol–water partition coefficient (Wildman–Crippen LogP) is 5.60. The third-order valence-corrected chi connectivity index (χ3v) is 12.3. The number of benzene rings is 3. The molecular weight excluding hydrogens is 863 g/mol. The van der Waals surface area contributed by atoms with Gasteiger partial charge in [0.25, 0.3) is 10.1 Å². The van der Waals surface area contributed by atoms with Crippen LogP contribution < -0.4 is 16.0 Å². The minimum atomic E-state index is -4.64. The van der Waals surface area contributed by atoms with Crippen LogP contribution in [0.15, 0.2) is 78.9 Å². The van der Waals surface area contributed by atoms with Crippen molar-refractivity contribution in [2.45, 2.75) is 89.2 Å². The molecule has 2 radical (unpaired) electrons. The van der Waals surface area contributed by atoms with Gasteiger partial charge in [-0.05, 0) is 46.2 Å². The Balaban J connectivity index is 1.02. The number of hydrogen-bond donors (Lipinski definition) is 4. The van der Waals surface area contributed by atoms with E-state index in [2.05, 4.69) is 40.2 Å². The maximum atomic E-state index is 13.4. The van der Waals surface area contributed by atoms with Gasteiger partial charge in [0.1, 0.15) is 18.4 Å². The number of aromatic nitrogens is 1. The normalized spacial score (nSPS) is 12.7. The first-order valence-electron chi connectivity index (χ1n) is 22.9. The highest BCUT2D eigenvalue weighted by atomic mass is 32.2. The van der Waals surface area contributed by atoms with E-state index in [0.29, 0.717) is 19.6 Å².